The summed E-state index contributed by atoms with van der Waals surface area (Å²) >= 11 is 5.73. The van der Waals surface area contributed by atoms with Crippen LogP contribution < -0.4 is 11.1 Å². The molecule has 0 spiro atoms. The average Bonchev–Trinajstić information content (AvgIpc) is 2.30. The predicted octanol–water partition coefficient (Wildman–Crippen LogP) is 3.50. The van der Waals surface area contributed by atoms with Crippen LogP contribution >= 0.6 is 11.6 Å². The summed E-state index contributed by atoms with van der Waals surface area (Å²) in [6.07, 6.45) is 0. The second-order valence-corrected chi connectivity index (χ2v) is 4.29. The highest BCUT2D eigenvalue weighted by Gasteiger charge is 2.13. The summed E-state index contributed by atoms with van der Waals surface area (Å²) in [7, 11) is 0. The van der Waals surface area contributed by atoms with Gasteiger partial charge in [-0.1, -0.05) is 17.7 Å². The fourth-order valence-corrected chi connectivity index (χ4v) is 1.88. The monoisotopic (exact) mass is 280 g/mol. The second-order valence-electron chi connectivity index (χ2n) is 3.86. The van der Waals surface area contributed by atoms with Crippen LogP contribution in [0.3, 0.4) is 0 Å². The fourth-order valence-electron chi connectivity index (χ4n) is 1.66. The Morgan fingerprint density at radius 1 is 1.32 bits per heavy atom. The van der Waals surface area contributed by atoms with E-state index in [0.29, 0.717) is 5.69 Å². The van der Waals surface area contributed by atoms with Gasteiger partial charge in [0.05, 0.1) is 16.9 Å². The molecule has 0 fully saturated rings. The predicted molar refractivity (Wildman–Crippen MR) is 72.5 cm³/mol. The van der Waals surface area contributed by atoms with E-state index in [0.717, 1.165) is 6.07 Å². The van der Waals surface area contributed by atoms with Gasteiger partial charge in [0, 0.05) is 10.7 Å². The van der Waals surface area contributed by atoms with Crippen LogP contribution in [0.25, 0.3) is 0 Å². The number of halogens is 2. The molecule has 0 amide bonds. The van der Waals surface area contributed by atoms with Crippen molar-refractivity contribution >= 4 is 34.6 Å². The highest BCUT2D eigenvalue weighted by atomic mass is 35.5. The van der Waals surface area contributed by atoms with Gasteiger partial charge in [0.15, 0.2) is 0 Å². The minimum atomic E-state index is -1.13. The summed E-state index contributed by atoms with van der Waals surface area (Å²) in [4.78, 5) is 11.1. The lowest BCUT2D eigenvalue weighted by Gasteiger charge is -2.12. The van der Waals surface area contributed by atoms with Crippen molar-refractivity contribution in [3.63, 3.8) is 0 Å². The Balaban J connectivity index is 2.45. The molecule has 0 atom stereocenters. The maximum atomic E-state index is 13.2. The summed E-state index contributed by atoms with van der Waals surface area (Å²) < 4.78 is 13.2. The lowest BCUT2D eigenvalue weighted by Crippen LogP contribution is -2.05. The number of carboxylic acids is 1. The Morgan fingerprint density at radius 3 is 2.68 bits per heavy atom. The number of rotatable bonds is 3. The number of nitrogens with two attached hydrogens (primary N) is 1. The molecule has 2 rings (SSSR count). The van der Waals surface area contributed by atoms with Crippen LogP contribution in [-0.2, 0) is 0 Å². The molecule has 98 valence electrons. The van der Waals surface area contributed by atoms with Crippen LogP contribution in [0.1, 0.15) is 10.4 Å². The van der Waals surface area contributed by atoms with E-state index in [-0.39, 0.29) is 22.0 Å². The molecule has 2 aromatic carbocycles. The molecule has 6 heteroatoms. The molecule has 0 bridgehead atoms. The van der Waals surface area contributed by atoms with E-state index in [4.69, 9.17) is 22.4 Å². The number of para-hydroxylation sites is 1. The highest BCUT2D eigenvalue weighted by molar-refractivity contribution is 6.30. The maximum absolute atomic E-state index is 13.2. The molecule has 0 aliphatic heterocycles. The van der Waals surface area contributed by atoms with Gasteiger partial charge in [0.1, 0.15) is 5.82 Å². The zero-order valence-electron chi connectivity index (χ0n) is 9.65. The average molecular weight is 281 g/mol. The van der Waals surface area contributed by atoms with Crippen LogP contribution in [0.4, 0.5) is 21.5 Å². The first kappa shape index (κ1) is 13.2. The number of carbonyl (C=O) groups is 1. The third-order valence-corrected chi connectivity index (χ3v) is 2.68. The molecular weight excluding hydrogens is 271 g/mol. The number of benzene rings is 2. The lowest BCUT2D eigenvalue weighted by molar-refractivity contribution is 0.0698. The molecule has 0 unspecified atom stereocenters. The van der Waals surface area contributed by atoms with Crippen molar-refractivity contribution in [1.29, 1.82) is 0 Å². The largest absolute Gasteiger partial charge is 0.478 e. The number of carboxylic acid groups (broad SMARTS) is 1. The van der Waals surface area contributed by atoms with Crippen molar-refractivity contribution in [1.82, 2.24) is 0 Å². The molecule has 4 N–H and O–H groups in total. The molecular formula is C13H10ClFN2O2. The second kappa shape index (κ2) is 5.16. The first-order chi connectivity index (χ1) is 8.97. The molecule has 19 heavy (non-hydrogen) atoms. The fraction of sp³-hybridized carbons (Fsp3) is 0. The number of nitrogen functional groups attached to an aromatic ring is 1. The normalized spacial score (nSPS) is 10.2. The van der Waals surface area contributed by atoms with Crippen molar-refractivity contribution < 1.29 is 14.3 Å². The number of nitrogens with one attached hydrogen (secondary N) is 1. The molecule has 0 aliphatic rings. The van der Waals surface area contributed by atoms with Crippen LogP contribution in [-0.4, -0.2) is 11.1 Å². The summed E-state index contributed by atoms with van der Waals surface area (Å²) in [5.74, 6) is -1.65. The van der Waals surface area contributed by atoms with E-state index in [1.165, 1.54) is 24.3 Å². The van der Waals surface area contributed by atoms with Gasteiger partial charge in [-0.05, 0) is 30.3 Å². The van der Waals surface area contributed by atoms with Crippen molar-refractivity contribution in [2.45, 2.75) is 0 Å². The van der Waals surface area contributed by atoms with Gasteiger partial charge >= 0.3 is 5.97 Å². The van der Waals surface area contributed by atoms with E-state index < -0.39 is 11.8 Å². The van der Waals surface area contributed by atoms with Crippen molar-refractivity contribution in [2.24, 2.45) is 0 Å². The smallest absolute Gasteiger partial charge is 0.337 e. The van der Waals surface area contributed by atoms with Crippen molar-refractivity contribution in [3.05, 3.63) is 52.8 Å². The molecule has 0 aliphatic carbocycles. The summed E-state index contributed by atoms with van der Waals surface area (Å²) in [6, 6.07) is 8.31. The van der Waals surface area contributed by atoms with Crippen molar-refractivity contribution in [3.8, 4) is 0 Å². The molecule has 0 saturated carbocycles. The molecule has 0 heterocycles. The third-order valence-electron chi connectivity index (χ3n) is 2.46. The van der Waals surface area contributed by atoms with Gasteiger partial charge in [0.2, 0.25) is 0 Å². The minimum Gasteiger partial charge on any atom is -0.478 e. The third kappa shape index (κ3) is 2.95. The summed E-state index contributed by atoms with van der Waals surface area (Å²) in [6.45, 7) is 0. The molecule has 2 aromatic rings. The van der Waals surface area contributed by atoms with Crippen LogP contribution in [0.15, 0.2) is 36.4 Å². The van der Waals surface area contributed by atoms with E-state index >= 15 is 0 Å². The molecule has 0 saturated heterocycles. The Morgan fingerprint density at radius 2 is 2.05 bits per heavy atom. The SMILES string of the molecule is Nc1cccc(C(=O)O)c1Nc1cc(F)cc(Cl)c1. The topological polar surface area (TPSA) is 75.4 Å². The molecule has 0 radical (unpaired) electrons. The number of hydrogen-bond acceptors (Lipinski definition) is 3. The zero-order valence-corrected chi connectivity index (χ0v) is 10.4. The van der Waals surface area contributed by atoms with Crippen molar-refractivity contribution in [2.75, 3.05) is 11.1 Å². The number of hydrogen-bond donors (Lipinski definition) is 3. The number of aromatic carboxylic acids is 1. The van der Waals surface area contributed by atoms with Gasteiger partial charge in [-0.2, -0.15) is 0 Å². The Hall–Kier alpha value is -2.27. The minimum absolute atomic E-state index is 0.000355. The van der Waals surface area contributed by atoms with E-state index in [2.05, 4.69) is 5.32 Å². The lowest BCUT2D eigenvalue weighted by atomic mass is 10.1. The standard InChI is InChI=1S/C13H10ClFN2O2/c14-7-4-8(15)6-9(5-7)17-12-10(13(18)19)2-1-3-11(12)16/h1-6,17H,16H2,(H,18,19). The van der Waals surface area contributed by atoms with Crippen LogP contribution in [0.2, 0.25) is 5.02 Å². The van der Waals surface area contributed by atoms with Gasteiger partial charge in [-0.25, -0.2) is 9.18 Å². The first-order valence-corrected chi connectivity index (χ1v) is 5.70. The Labute approximate surface area is 113 Å². The van der Waals surface area contributed by atoms with E-state index in [1.54, 1.807) is 6.07 Å². The highest BCUT2D eigenvalue weighted by Crippen LogP contribution is 2.29. The van der Waals surface area contributed by atoms with E-state index in [1.807, 2.05) is 0 Å². The van der Waals surface area contributed by atoms with Crippen LogP contribution in [0, 0.1) is 5.82 Å². The number of anilines is 3. The zero-order chi connectivity index (χ0) is 14.0. The van der Waals surface area contributed by atoms with Gasteiger partial charge in [0.25, 0.3) is 0 Å². The Kier molecular flexibility index (Phi) is 3.57. The van der Waals surface area contributed by atoms with Gasteiger partial charge in [-0.15, -0.1) is 0 Å². The Bertz CT molecular complexity index is 626. The maximum Gasteiger partial charge on any atom is 0.337 e. The molecule has 0 aromatic heterocycles. The van der Waals surface area contributed by atoms with Crippen LogP contribution in [0.5, 0.6) is 0 Å². The van der Waals surface area contributed by atoms with Gasteiger partial charge < -0.3 is 16.2 Å². The summed E-state index contributed by atoms with van der Waals surface area (Å²) in [5.41, 5.74) is 6.51. The van der Waals surface area contributed by atoms with Gasteiger partial charge in [-0.3, -0.25) is 0 Å². The quantitative estimate of drug-likeness (QED) is 0.752. The molecule has 4 nitrogen and oxygen atoms in total. The summed E-state index contributed by atoms with van der Waals surface area (Å²) in [5, 5.41) is 12.1. The van der Waals surface area contributed by atoms with E-state index in [9.17, 15) is 9.18 Å². The first-order valence-electron chi connectivity index (χ1n) is 5.32.